The lowest BCUT2D eigenvalue weighted by molar-refractivity contribution is 0.586. The molecule has 0 aromatic heterocycles. The number of benzene rings is 2. The van der Waals surface area contributed by atoms with Crippen LogP contribution in [-0.4, -0.2) is 15.0 Å². The van der Waals surface area contributed by atoms with E-state index in [9.17, 15) is 12.8 Å². The highest BCUT2D eigenvalue weighted by molar-refractivity contribution is 7.89. The second-order valence-corrected chi connectivity index (χ2v) is 9.11. The van der Waals surface area contributed by atoms with Crippen LogP contribution >= 0.6 is 0 Å². The lowest BCUT2D eigenvalue weighted by atomic mass is 10.1. The van der Waals surface area contributed by atoms with Gasteiger partial charge in [-0.2, -0.15) is 0 Å². The average molecular weight is 389 g/mol. The van der Waals surface area contributed by atoms with Gasteiger partial charge in [-0.1, -0.05) is 37.8 Å². The van der Waals surface area contributed by atoms with E-state index in [1.807, 2.05) is 18.2 Å². The third-order valence-corrected chi connectivity index (χ3v) is 6.19. The molecule has 0 aliphatic carbocycles. The zero-order chi connectivity index (χ0) is 19.6. The molecule has 3 rings (SSSR count). The van der Waals surface area contributed by atoms with Gasteiger partial charge in [-0.05, 0) is 42.2 Å². The van der Waals surface area contributed by atoms with Gasteiger partial charge in [0.2, 0.25) is 0 Å². The van der Waals surface area contributed by atoms with E-state index >= 15 is 0 Å². The minimum atomic E-state index is -3.48. The van der Waals surface area contributed by atoms with E-state index in [2.05, 4.69) is 23.7 Å². The van der Waals surface area contributed by atoms with Crippen LogP contribution in [0.4, 0.5) is 10.1 Å². The van der Waals surface area contributed by atoms with Crippen molar-refractivity contribution in [1.82, 2.24) is 5.32 Å². The standard InChI is InChI=1S/C21H25FN2O2S/c1-4-9-24-16(3)23-12-19-11-17(6-8-21(19)24)13-27(25,26)14-18-7-5-15(2)10-20(18)22/h5-8,10-11,23H,3-4,9,12-14H2,1-2H3. The molecule has 1 aliphatic heterocycles. The summed E-state index contributed by atoms with van der Waals surface area (Å²) < 4.78 is 39.2. The van der Waals surface area contributed by atoms with Gasteiger partial charge in [0.25, 0.3) is 0 Å². The lowest BCUT2D eigenvalue weighted by Gasteiger charge is -2.34. The topological polar surface area (TPSA) is 49.4 Å². The average Bonchev–Trinajstić information content (AvgIpc) is 2.59. The largest absolute Gasteiger partial charge is 0.368 e. The summed E-state index contributed by atoms with van der Waals surface area (Å²) in [6, 6.07) is 10.4. The van der Waals surface area contributed by atoms with Gasteiger partial charge in [0.1, 0.15) is 5.82 Å². The first kappa shape index (κ1) is 19.4. The van der Waals surface area contributed by atoms with Crippen molar-refractivity contribution in [2.75, 3.05) is 11.4 Å². The summed E-state index contributed by atoms with van der Waals surface area (Å²) in [5.74, 6) is -0.0169. The maximum Gasteiger partial charge on any atom is 0.158 e. The lowest BCUT2D eigenvalue weighted by Crippen LogP contribution is -2.36. The van der Waals surface area contributed by atoms with E-state index < -0.39 is 15.7 Å². The fourth-order valence-electron chi connectivity index (χ4n) is 3.36. The van der Waals surface area contributed by atoms with Gasteiger partial charge in [0.05, 0.1) is 17.3 Å². The van der Waals surface area contributed by atoms with Crippen molar-refractivity contribution >= 4 is 15.5 Å². The molecular formula is C21H25FN2O2S. The Morgan fingerprint density at radius 1 is 1.19 bits per heavy atom. The van der Waals surface area contributed by atoms with Gasteiger partial charge in [0.15, 0.2) is 9.84 Å². The van der Waals surface area contributed by atoms with Crippen molar-refractivity contribution in [2.45, 2.75) is 38.3 Å². The zero-order valence-corrected chi connectivity index (χ0v) is 16.6. The first-order valence-corrected chi connectivity index (χ1v) is 10.9. The number of nitrogens with zero attached hydrogens (tertiary/aromatic N) is 1. The molecule has 1 heterocycles. The molecule has 1 aliphatic rings. The summed E-state index contributed by atoms with van der Waals surface area (Å²) in [5, 5.41) is 3.25. The van der Waals surface area contributed by atoms with Crippen LogP contribution < -0.4 is 10.2 Å². The fourth-order valence-corrected chi connectivity index (χ4v) is 4.86. The maximum absolute atomic E-state index is 14.0. The van der Waals surface area contributed by atoms with Crippen molar-refractivity contribution in [3.63, 3.8) is 0 Å². The van der Waals surface area contributed by atoms with E-state index in [1.165, 1.54) is 6.07 Å². The Kier molecular flexibility index (Phi) is 5.56. The number of hydrogen-bond donors (Lipinski definition) is 1. The van der Waals surface area contributed by atoms with Crippen LogP contribution in [0.2, 0.25) is 0 Å². The number of aryl methyl sites for hydroxylation is 1. The van der Waals surface area contributed by atoms with E-state index in [0.29, 0.717) is 12.1 Å². The molecule has 0 atom stereocenters. The Morgan fingerprint density at radius 2 is 1.96 bits per heavy atom. The van der Waals surface area contributed by atoms with Gasteiger partial charge in [-0.3, -0.25) is 0 Å². The van der Waals surface area contributed by atoms with Crippen LogP contribution in [-0.2, 0) is 27.9 Å². The molecule has 0 fully saturated rings. The predicted octanol–water partition coefficient (Wildman–Crippen LogP) is 4.04. The Hall–Kier alpha value is -2.34. The number of halogens is 1. The summed E-state index contributed by atoms with van der Waals surface area (Å²) >= 11 is 0. The number of rotatable bonds is 6. The Labute approximate surface area is 160 Å². The number of fused-ring (bicyclic) bond motifs is 1. The minimum Gasteiger partial charge on any atom is -0.368 e. The van der Waals surface area contributed by atoms with Crippen molar-refractivity contribution in [3.05, 3.63) is 76.9 Å². The molecule has 2 aromatic carbocycles. The molecule has 0 unspecified atom stereocenters. The summed E-state index contributed by atoms with van der Waals surface area (Å²) in [4.78, 5) is 2.11. The van der Waals surface area contributed by atoms with Gasteiger partial charge >= 0.3 is 0 Å². The van der Waals surface area contributed by atoms with Crippen LogP contribution in [0.25, 0.3) is 0 Å². The van der Waals surface area contributed by atoms with E-state index in [0.717, 1.165) is 35.6 Å². The van der Waals surface area contributed by atoms with Crippen LogP contribution in [0.1, 0.15) is 35.6 Å². The summed E-state index contributed by atoms with van der Waals surface area (Å²) in [5.41, 5.74) is 3.81. The van der Waals surface area contributed by atoms with Crippen molar-refractivity contribution in [1.29, 1.82) is 0 Å². The molecule has 0 amide bonds. The molecule has 27 heavy (non-hydrogen) atoms. The third-order valence-electron chi connectivity index (χ3n) is 4.66. The van der Waals surface area contributed by atoms with E-state index in [-0.39, 0.29) is 17.1 Å². The predicted molar refractivity (Wildman–Crippen MR) is 108 cm³/mol. The van der Waals surface area contributed by atoms with E-state index in [1.54, 1.807) is 19.1 Å². The fraction of sp³-hybridized carbons (Fsp3) is 0.333. The molecule has 0 bridgehead atoms. The molecular weight excluding hydrogens is 363 g/mol. The molecule has 4 nitrogen and oxygen atoms in total. The molecule has 0 saturated heterocycles. The number of nitrogens with one attached hydrogen (secondary N) is 1. The Balaban J connectivity index is 1.80. The minimum absolute atomic E-state index is 0.109. The number of anilines is 1. The Bertz CT molecular complexity index is 970. The summed E-state index contributed by atoms with van der Waals surface area (Å²) in [7, 11) is -3.48. The molecule has 2 aromatic rings. The van der Waals surface area contributed by atoms with E-state index in [4.69, 9.17) is 0 Å². The van der Waals surface area contributed by atoms with Crippen LogP contribution in [0, 0.1) is 12.7 Å². The van der Waals surface area contributed by atoms with Gasteiger partial charge in [0, 0.05) is 24.3 Å². The smallest absolute Gasteiger partial charge is 0.158 e. The molecule has 144 valence electrons. The van der Waals surface area contributed by atoms with Gasteiger partial charge in [-0.15, -0.1) is 0 Å². The summed E-state index contributed by atoms with van der Waals surface area (Å²) in [6.45, 7) is 9.39. The number of hydrogen-bond acceptors (Lipinski definition) is 4. The molecule has 0 spiro atoms. The second kappa shape index (κ2) is 7.72. The van der Waals surface area contributed by atoms with Crippen LogP contribution in [0.3, 0.4) is 0 Å². The SMILES string of the molecule is C=C1NCc2cc(CS(=O)(=O)Cc3ccc(C)cc3F)ccc2N1CCC. The third kappa shape index (κ3) is 4.50. The van der Waals surface area contributed by atoms with Crippen molar-refractivity contribution < 1.29 is 12.8 Å². The molecule has 0 saturated carbocycles. The normalized spacial score (nSPS) is 14.0. The maximum atomic E-state index is 14.0. The molecule has 6 heteroatoms. The summed E-state index contributed by atoms with van der Waals surface area (Å²) in [6.07, 6.45) is 0.985. The van der Waals surface area contributed by atoms with Crippen molar-refractivity contribution in [3.8, 4) is 0 Å². The first-order valence-electron chi connectivity index (χ1n) is 9.06. The Morgan fingerprint density at radius 3 is 2.67 bits per heavy atom. The molecule has 0 radical (unpaired) electrons. The van der Waals surface area contributed by atoms with Crippen molar-refractivity contribution in [2.24, 2.45) is 0 Å². The highest BCUT2D eigenvalue weighted by Crippen LogP contribution is 2.29. The highest BCUT2D eigenvalue weighted by Gasteiger charge is 2.21. The zero-order valence-electron chi connectivity index (χ0n) is 15.8. The highest BCUT2D eigenvalue weighted by atomic mass is 32.2. The quantitative estimate of drug-likeness (QED) is 0.811. The monoisotopic (exact) mass is 388 g/mol. The van der Waals surface area contributed by atoms with Gasteiger partial charge < -0.3 is 10.2 Å². The molecule has 1 N–H and O–H groups in total. The van der Waals surface area contributed by atoms with Gasteiger partial charge in [-0.25, -0.2) is 12.8 Å². The first-order chi connectivity index (χ1) is 12.8. The van der Waals surface area contributed by atoms with Crippen LogP contribution in [0.15, 0.2) is 48.8 Å². The van der Waals surface area contributed by atoms with Crippen LogP contribution in [0.5, 0.6) is 0 Å². The second-order valence-electron chi connectivity index (χ2n) is 7.04. The number of sulfone groups is 1.